The van der Waals surface area contributed by atoms with Gasteiger partial charge in [-0.2, -0.15) is 0 Å². The maximum absolute atomic E-state index is 9.46. The van der Waals surface area contributed by atoms with E-state index in [9.17, 15) is 5.11 Å². The zero-order valence-electron chi connectivity index (χ0n) is 11.3. The molecule has 2 rings (SSSR count). The van der Waals surface area contributed by atoms with Crippen LogP contribution in [0.1, 0.15) is 17.7 Å². The molecule has 1 N–H and O–H groups in total. The summed E-state index contributed by atoms with van der Waals surface area (Å²) in [5.41, 5.74) is 2.74. The fourth-order valence-electron chi connectivity index (χ4n) is 2.10. The van der Waals surface area contributed by atoms with E-state index in [0.717, 1.165) is 40.8 Å². The van der Waals surface area contributed by atoms with Gasteiger partial charge in [0.2, 0.25) is 0 Å². The van der Waals surface area contributed by atoms with E-state index >= 15 is 0 Å². The van der Waals surface area contributed by atoms with Crippen molar-refractivity contribution in [3.63, 3.8) is 0 Å². The average Bonchev–Trinajstić information content (AvgIpc) is 2.46. The summed E-state index contributed by atoms with van der Waals surface area (Å²) in [5.74, 6) is 0.797. The van der Waals surface area contributed by atoms with Crippen molar-refractivity contribution in [1.82, 2.24) is 4.98 Å². The fourth-order valence-corrected chi connectivity index (χ4v) is 2.10. The highest BCUT2D eigenvalue weighted by molar-refractivity contribution is 5.81. The monoisotopic (exact) mass is 261 g/mol. The largest absolute Gasteiger partial charge is 0.497 e. The second-order valence-electron chi connectivity index (χ2n) is 4.41. The Balaban J connectivity index is 2.35. The Morgan fingerprint density at radius 1 is 1.21 bits per heavy atom. The molecule has 0 saturated carbocycles. The van der Waals surface area contributed by atoms with Crippen LogP contribution in [0.2, 0.25) is 0 Å². The Morgan fingerprint density at radius 3 is 2.74 bits per heavy atom. The molecular formula is C15H19NO3. The molecule has 102 valence electrons. The molecule has 0 aliphatic carbocycles. The number of hydrogen-bond acceptors (Lipinski definition) is 4. The molecule has 2 aromatic rings. The van der Waals surface area contributed by atoms with E-state index in [1.54, 1.807) is 14.2 Å². The van der Waals surface area contributed by atoms with E-state index in [1.807, 2.05) is 24.3 Å². The molecule has 0 aliphatic rings. The van der Waals surface area contributed by atoms with Gasteiger partial charge in [0.15, 0.2) is 0 Å². The average molecular weight is 261 g/mol. The standard InChI is InChI=1S/C15H19NO3/c1-18-7-3-4-14-12(10-17)8-11-9-13(19-2)5-6-15(11)16-14/h5-6,8-9,17H,3-4,7,10H2,1-2H3. The quantitative estimate of drug-likeness (QED) is 0.811. The van der Waals surface area contributed by atoms with Crippen LogP contribution >= 0.6 is 0 Å². The Kier molecular flexibility index (Phi) is 4.71. The topological polar surface area (TPSA) is 51.6 Å². The molecule has 1 heterocycles. The first kappa shape index (κ1) is 13.8. The fraction of sp³-hybridized carbons (Fsp3) is 0.400. The van der Waals surface area contributed by atoms with E-state index in [1.165, 1.54) is 0 Å². The predicted octanol–water partition coefficient (Wildman–Crippen LogP) is 2.31. The second kappa shape index (κ2) is 6.50. The number of benzene rings is 1. The van der Waals surface area contributed by atoms with Gasteiger partial charge in [-0.3, -0.25) is 4.98 Å². The molecule has 0 unspecified atom stereocenters. The van der Waals surface area contributed by atoms with Crippen molar-refractivity contribution in [2.24, 2.45) is 0 Å². The molecule has 1 aromatic heterocycles. The van der Waals surface area contributed by atoms with Gasteiger partial charge in [-0.1, -0.05) is 0 Å². The third-order valence-electron chi connectivity index (χ3n) is 3.12. The highest BCUT2D eigenvalue weighted by atomic mass is 16.5. The zero-order chi connectivity index (χ0) is 13.7. The molecule has 0 spiro atoms. The van der Waals surface area contributed by atoms with Crippen LogP contribution in [0.25, 0.3) is 10.9 Å². The molecular weight excluding hydrogens is 242 g/mol. The number of ether oxygens (including phenoxy) is 2. The third kappa shape index (κ3) is 3.22. The normalized spacial score (nSPS) is 10.9. The van der Waals surface area contributed by atoms with Gasteiger partial charge in [0.25, 0.3) is 0 Å². The predicted molar refractivity (Wildman–Crippen MR) is 74.4 cm³/mol. The lowest BCUT2D eigenvalue weighted by molar-refractivity contribution is 0.194. The Morgan fingerprint density at radius 2 is 2.05 bits per heavy atom. The Bertz CT molecular complexity index is 554. The summed E-state index contributed by atoms with van der Waals surface area (Å²) in [7, 11) is 3.33. The number of methoxy groups -OCH3 is 2. The van der Waals surface area contributed by atoms with Crippen molar-refractivity contribution in [2.45, 2.75) is 19.4 Å². The van der Waals surface area contributed by atoms with E-state index < -0.39 is 0 Å². The maximum Gasteiger partial charge on any atom is 0.119 e. The summed E-state index contributed by atoms with van der Waals surface area (Å²) in [4.78, 5) is 4.62. The van der Waals surface area contributed by atoms with E-state index in [0.29, 0.717) is 6.61 Å². The number of nitrogens with zero attached hydrogens (tertiary/aromatic N) is 1. The molecule has 4 nitrogen and oxygen atoms in total. The number of aromatic nitrogens is 1. The van der Waals surface area contributed by atoms with Crippen LogP contribution in [0, 0.1) is 0 Å². The van der Waals surface area contributed by atoms with Crippen molar-refractivity contribution < 1.29 is 14.6 Å². The number of fused-ring (bicyclic) bond motifs is 1. The highest BCUT2D eigenvalue weighted by Crippen LogP contribution is 2.22. The molecule has 0 fully saturated rings. The van der Waals surface area contributed by atoms with E-state index in [4.69, 9.17) is 9.47 Å². The van der Waals surface area contributed by atoms with Crippen LogP contribution in [0.15, 0.2) is 24.3 Å². The van der Waals surface area contributed by atoms with Crippen molar-refractivity contribution in [2.75, 3.05) is 20.8 Å². The molecule has 4 heteroatoms. The van der Waals surface area contributed by atoms with Gasteiger partial charge < -0.3 is 14.6 Å². The molecule has 0 atom stereocenters. The second-order valence-corrected chi connectivity index (χ2v) is 4.41. The van der Waals surface area contributed by atoms with Gasteiger partial charge >= 0.3 is 0 Å². The van der Waals surface area contributed by atoms with Crippen LogP contribution in [0.3, 0.4) is 0 Å². The summed E-state index contributed by atoms with van der Waals surface area (Å²) >= 11 is 0. The molecule has 0 amide bonds. The van der Waals surface area contributed by atoms with Gasteiger partial charge in [0.1, 0.15) is 5.75 Å². The minimum Gasteiger partial charge on any atom is -0.497 e. The van der Waals surface area contributed by atoms with E-state index in [2.05, 4.69) is 4.98 Å². The molecule has 0 aliphatic heterocycles. The van der Waals surface area contributed by atoms with Gasteiger partial charge in [-0.05, 0) is 42.7 Å². The highest BCUT2D eigenvalue weighted by Gasteiger charge is 2.07. The zero-order valence-corrected chi connectivity index (χ0v) is 11.3. The first-order valence-electron chi connectivity index (χ1n) is 6.35. The molecule has 19 heavy (non-hydrogen) atoms. The summed E-state index contributed by atoms with van der Waals surface area (Å²) in [6.07, 6.45) is 1.71. The summed E-state index contributed by atoms with van der Waals surface area (Å²) < 4.78 is 10.2. The van der Waals surface area contributed by atoms with Crippen LogP contribution in [-0.2, 0) is 17.8 Å². The number of aryl methyl sites for hydroxylation is 1. The Labute approximate surface area is 113 Å². The van der Waals surface area contributed by atoms with Crippen molar-refractivity contribution in [3.05, 3.63) is 35.5 Å². The number of aliphatic hydroxyl groups is 1. The van der Waals surface area contributed by atoms with E-state index in [-0.39, 0.29) is 6.61 Å². The molecule has 0 bridgehead atoms. The van der Waals surface area contributed by atoms with Crippen molar-refractivity contribution in [3.8, 4) is 5.75 Å². The van der Waals surface area contributed by atoms with Crippen molar-refractivity contribution in [1.29, 1.82) is 0 Å². The lowest BCUT2D eigenvalue weighted by Crippen LogP contribution is -2.01. The number of pyridine rings is 1. The first-order chi connectivity index (χ1) is 9.28. The minimum atomic E-state index is 0.00245. The lowest BCUT2D eigenvalue weighted by Gasteiger charge is -2.09. The van der Waals surface area contributed by atoms with Crippen molar-refractivity contribution >= 4 is 10.9 Å². The number of hydrogen-bond donors (Lipinski definition) is 1. The smallest absolute Gasteiger partial charge is 0.119 e. The SMILES string of the molecule is COCCCc1nc2ccc(OC)cc2cc1CO. The van der Waals surface area contributed by atoms with Gasteiger partial charge in [-0.25, -0.2) is 0 Å². The molecule has 1 aromatic carbocycles. The summed E-state index contributed by atoms with van der Waals surface area (Å²) in [5, 5.41) is 10.4. The molecule has 0 radical (unpaired) electrons. The number of rotatable bonds is 6. The van der Waals surface area contributed by atoms with Crippen LogP contribution in [0.5, 0.6) is 5.75 Å². The van der Waals surface area contributed by atoms with Crippen LogP contribution < -0.4 is 4.74 Å². The van der Waals surface area contributed by atoms with Crippen LogP contribution in [-0.4, -0.2) is 30.9 Å². The van der Waals surface area contributed by atoms with Crippen LogP contribution in [0.4, 0.5) is 0 Å². The first-order valence-corrected chi connectivity index (χ1v) is 6.35. The molecule has 0 saturated heterocycles. The summed E-state index contributed by atoms with van der Waals surface area (Å²) in [6, 6.07) is 7.75. The minimum absolute atomic E-state index is 0.00245. The Hall–Kier alpha value is -1.65. The maximum atomic E-state index is 9.46. The van der Waals surface area contributed by atoms with Gasteiger partial charge in [0.05, 0.1) is 19.2 Å². The lowest BCUT2D eigenvalue weighted by atomic mass is 10.1. The number of aliphatic hydroxyl groups excluding tert-OH is 1. The van der Waals surface area contributed by atoms with Gasteiger partial charge in [-0.15, -0.1) is 0 Å². The summed E-state index contributed by atoms with van der Waals surface area (Å²) in [6.45, 7) is 0.704. The third-order valence-corrected chi connectivity index (χ3v) is 3.12. The van der Waals surface area contributed by atoms with Gasteiger partial charge in [0, 0.05) is 24.8 Å².